The molecule has 7 heteroatoms. The van der Waals surface area contributed by atoms with Crippen LogP contribution in [0.2, 0.25) is 0 Å². The molecule has 1 unspecified atom stereocenters. The lowest BCUT2D eigenvalue weighted by molar-refractivity contribution is -0.142. The third-order valence-corrected chi connectivity index (χ3v) is 6.07. The number of hydrogen-bond acceptors (Lipinski definition) is 6. The van der Waals surface area contributed by atoms with Crippen molar-refractivity contribution in [2.45, 2.75) is 36.8 Å². The zero-order valence-corrected chi connectivity index (χ0v) is 16.5. The topological polar surface area (TPSA) is 72.1 Å². The van der Waals surface area contributed by atoms with Crippen LogP contribution in [0.1, 0.15) is 35.6 Å². The molecule has 0 aliphatic heterocycles. The first-order chi connectivity index (χ1) is 12.5. The molecule has 1 aromatic carbocycles. The number of esters is 1. The van der Waals surface area contributed by atoms with Crippen molar-refractivity contribution < 1.29 is 14.3 Å². The van der Waals surface area contributed by atoms with Gasteiger partial charge in [0.25, 0.3) is 0 Å². The van der Waals surface area contributed by atoms with Crippen LogP contribution in [0.15, 0.2) is 34.0 Å². The first-order valence-electron chi connectivity index (χ1n) is 8.37. The number of thioether (sulfide) groups is 1. The van der Waals surface area contributed by atoms with Crippen molar-refractivity contribution in [2.75, 3.05) is 6.61 Å². The molecule has 3 aromatic rings. The van der Waals surface area contributed by atoms with Crippen LogP contribution in [0.25, 0.3) is 10.9 Å². The quantitative estimate of drug-likeness (QED) is 0.369. The highest BCUT2D eigenvalue weighted by molar-refractivity contribution is 8.02. The Morgan fingerprint density at radius 3 is 2.88 bits per heavy atom. The largest absolute Gasteiger partial charge is 0.466 e. The van der Waals surface area contributed by atoms with Crippen LogP contribution >= 0.6 is 23.1 Å². The summed E-state index contributed by atoms with van der Waals surface area (Å²) in [5.41, 5.74) is 3.27. The monoisotopic (exact) mass is 388 g/mol. The number of fused-ring (bicyclic) bond motifs is 1. The molecule has 2 heterocycles. The van der Waals surface area contributed by atoms with Crippen molar-refractivity contribution >= 4 is 45.8 Å². The van der Waals surface area contributed by atoms with Gasteiger partial charge in [-0.1, -0.05) is 30.0 Å². The van der Waals surface area contributed by atoms with E-state index in [2.05, 4.69) is 9.97 Å². The molecule has 0 bridgehead atoms. The number of aromatic amines is 1. The summed E-state index contributed by atoms with van der Waals surface area (Å²) in [6.45, 7) is 5.95. The van der Waals surface area contributed by atoms with Crippen LogP contribution in [0, 0.1) is 6.92 Å². The van der Waals surface area contributed by atoms with Gasteiger partial charge in [-0.15, -0.1) is 11.3 Å². The Balaban J connectivity index is 1.72. The van der Waals surface area contributed by atoms with E-state index >= 15 is 0 Å². The minimum absolute atomic E-state index is 0.0760. The van der Waals surface area contributed by atoms with Crippen molar-refractivity contribution in [2.24, 2.45) is 0 Å². The van der Waals surface area contributed by atoms with Gasteiger partial charge in [0.05, 0.1) is 24.0 Å². The van der Waals surface area contributed by atoms with Crippen molar-refractivity contribution in [1.29, 1.82) is 0 Å². The highest BCUT2D eigenvalue weighted by atomic mass is 32.2. The Bertz CT molecular complexity index is 945. The summed E-state index contributed by atoms with van der Waals surface area (Å²) in [6.07, 6.45) is 0.161. The lowest BCUT2D eigenvalue weighted by atomic mass is 10.1. The molecule has 0 fully saturated rings. The molecule has 0 radical (unpaired) electrons. The molecular weight excluding hydrogens is 368 g/mol. The number of ketones is 1. The predicted octanol–water partition coefficient (Wildman–Crippen LogP) is 4.40. The Hall–Kier alpha value is -2.12. The second-order valence-corrected chi connectivity index (χ2v) is 8.33. The van der Waals surface area contributed by atoms with E-state index in [1.165, 1.54) is 23.1 Å². The fraction of sp³-hybridized carbons (Fsp3) is 0.316. The van der Waals surface area contributed by atoms with Gasteiger partial charge in [0.2, 0.25) is 0 Å². The Morgan fingerprint density at radius 1 is 1.35 bits per heavy atom. The van der Waals surface area contributed by atoms with Gasteiger partial charge in [-0.05, 0) is 26.8 Å². The fourth-order valence-electron chi connectivity index (χ4n) is 2.79. The van der Waals surface area contributed by atoms with Crippen LogP contribution in [-0.4, -0.2) is 33.6 Å². The highest BCUT2D eigenvalue weighted by Crippen LogP contribution is 2.31. The molecule has 136 valence electrons. The minimum Gasteiger partial charge on any atom is -0.466 e. The minimum atomic E-state index is -0.284. The van der Waals surface area contributed by atoms with Gasteiger partial charge in [0.15, 0.2) is 10.1 Å². The number of aromatic nitrogens is 2. The Kier molecular flexibility index (Phi) is 5.78. The summed E-state index contributed by atoms with van der Waals surface area (Å²) in [6, 6.07) is 7.82. The summed E-state index contributed by atoms with van der Waals surface area (Å²) in [7, 11) is 0. The molecule has 26 heavy (non-hydrogen) atoms. The molecule has 0 spiro atoms. The Morgan fingerprint density at radius 2 is 2.12 bits per heavy atom. The fourth-order valence-corrected chi connectivity index (χ4v) is 4.83. The summed E-state index contributed by atoms with van der Waals surface area (Å²) < 4.78 is 5.72. The number of Topliss-reactive ketones (excluding diaryl/α,β-unsaturated/α-hetero) is 1. The van der Waals surface area contributed by atoms with E-state index in [0.717, 1.165) is 26.5 Å². The van der Waals surface area contributed by atoms with Gasteiger partial charge in [-0.25, -0.2) is 4.98 Å². The standard InChI is InChI=1S/C19H20N2O3S2/c1-4-24-16(22)9-13-10-25-19(21-13)26-12(3)18(23)17-11(2)20-15-8-6-5-7-14(15)17/h5-8,10,12,20H,4,9H2,1-3H3. The number of aryl methyl sites for hydroxylation is 1. The van der Waals surface area contributed by atoms with Gasteiger partial charge in [-0.2, -0.15) is 0 Å². The number of rotatable bonds is 7. The van der Waals surface area contributed by atoms with E-state index in [9.17, 15) is 9.59 Å². The Labute approximate surface area is 160 Å². The first kappa shape index (κ1) is 18.7. The van der Waals surface area contributed by atoms with Crippen LogP contribution in [-0.2, 0) is 16.0 Å². The van der Waals surface area contributed by atoms with Crippen molar-refractivity contribution in [1.82, 2.24) is 9.97 Å². The molecule has 0 saturated heterocycles. The number of carbonyl (C=O) groups is 2. The van der Waals surface area contributed by atoms with Crippen LogP contribution in [0.5, 0.6) is 0 Å². The zero-order chi connectivity index (χ0) is 18.7. The maximum Gasteiger partial charge on any atom is 0.311 e. The third kappa shape index (κ3) is 3.99. The first-order valence-corrected chi connectivity index (χ1v) is 10.1. The average molecular weight is 389 g/mol. The molecule has 0 amide bonds. The molecule has 2 aromatic heterocycles. The molecular formula is C19H20N2O3S2. The molecule has 0 aliphatic carbocycles. The van der Waals surface area contributed by atoms with E-state index < -0.39 is 0 Å². The van der Waals surface area contributed by atoms with Gasteiger partial charge >= 0.3 is 5.97 Å². The predicted molar refractivity (Wildman–Crippen MR) is 105 cm³/mol. The number of H-pyrrole nitrogens is 1. The van der Waals surface area contributed by atoms with Crippen molar-refractivity contribution in [3.05, 3.63) is 46.6 Å². The molecule has 0 saturated carbocycles. The third-order valence-electron chi connectivity index (χ3n) is 3.95. The van der Waals surface area contributed by atoms with Crippen LogP contribution in [0.3, 0.4) is 0 Å². The van der Waals surface area contributed by atoms with E-state index in [0.29, 0.717) is 12.3 Å². The number of thiazole rings is 1. The second kappa shape index (κ2) is 8.05. The summed E-state index contributed by atoms with van der Waals surface area (Å²) in [4.78, 5) is 32.2. The SMILES string of the molecule is CCOC(=O)Cc1csc(SC(C)C(=O)c2c(C)[nH]c3ccccc23)n1. The van der Waals surface area contributed by atoms with E-state index in [1.54, 1.807) is 6.92 Å². The van der Waals surface area contributed by atoms with E-state index in [-0.39, 0.29) is 23.4 Å². The number of ether oxygens (including phenoxy) is 1. The van der Waals surface area contributed by atoms with Crippen LogP contribution < -0.4 is 0 Å². The lowest BCUT2D eigenvalue weighted by Crippen LogP contribution is -2.14. The number of nitrogens with zero attached hydrogens (tertiary/aromatic N) is 1. The normalized spacial score (nSPS) is 12.3. The maximum absolute atomic E-state index is 13.0. The number of nitrogens with one attached hydrogen (secondary N) is 1. The number of benzene rings is 1. The van der Waals surface area contributed by atoms with Crippen molar-refractivity contribution in [3.8, 4) is 0 Å². The van der Waals surface area contributed by atoms with Crippen molar-refractivity contribution in [3.63, 3.8) is 0 Å². The molecule has 3 rings (SSSR count). The molecule has 5 nitrogen and oxygen atoms in total. The van der Waals surface area contributed by atoms with Gasteiger partial charge in [-0.3, -0.25) is 9.59 Å². The van der Waals surface area contributed by atoms with E-state index in [1.807, 2.05) is 43.5 Å². The summed E-state index contributed by atoms with van der Waals surface area (Å²) in [5.74, 6) is -0.208. The maximum atomic E-state index is 13.0. The van der Waals surface area contributed by atoms with Gasteiger partial charge in [0.1, 0.15) is 0 Å². The number of para-hydroxylation sites is 1. The van der Waals surface area contributed by atoms with E-state index in [4.69, 9.17) is 4.74 Å². The number of carbonyl (C=O) groups excluding carboxylic acids is 2. The smallest absolute Gasteiger partial charge is 0.311 e. The second-order valence-electron chi connectivity index (χ2n) is 5.88. The van der Waals surface area contributed by atoms with Gasteiger partial charge < -0.3 is 9.72 Å². The van der Waals surface area contributed by atoms with Crippen LogP contribution in [0.4, 0.5) is 0 Å². The van der Waals surface area contributed by atoms with Gasteiger partial charge in [0, 0.05) is 27.5 Å². The number of hydrogen-bond donors (Lipinski definition) is 1. The highest BCUT2D eigenvalue weighted by Gasteiger charge is 2.23. The summed E-state index contributed by atoms with van der Waals surface area (Å²) >= 11 is 2.86. The molecule has 1 N–H and O–H groups in total. The zero-order valence-electron chi connectivity index (χ0n) is 14.9. The molecule has 0 aliphatic rings. The summed E-state index contributed by atoms with van der Waals surface area (Å²) in [5, 5.41) is 2.52. The lowest BCUT2D eigenvalue weighted by Gasteiger charge is -2.08. The molecule has 1 atom stereocenters. The average Bonchev–Trinajstić information content (AvgIpc) is 3.17.